The van der Waals surface area contributed by atoms with Crippen molar-refractivity contribution >= 4 is 0 Å². The summed E-state index contributed by atoms with van der Waals surface area (Å²) in [6.45, 7) is 11.6. The number of hydrogen-bond acceptors (Lipinski definition) is 2. The number of allylic oxidation sites excluding steroid dienone is 1. The molecule has 72 valence electrons. The molecule has 1 fully saturated rings. The van der Waals surface area contributed by atoms with Crippen LogP contribution in [0.15, 0.2) is 12.7 Å². The molecule has 0 saturated carbocycles. The van der Waals surface area contributed by atoms with Crippen molar-refractivity contribution in [3.63, 3.8) is 0 Å². The topological polar surface area (TPSA) is 21.3 Å². The Balaban J connectivity index is 0.000000217. The Hall–Kier alpha value is -0.340. The number of nitrogens with one attached hydrogen (secondary N) is 1. The summed E-state index contributed by atoms with van der Waals surface area (Å²) in [6.07, 6.45) is 1.92. The predicted molar refractivity (Wildman–Crippen MR) is 53.3 cm³/mol. The van der Waals surface area contributed by atoms with Crippen molar-refractivity contribution in [2.75, 3.05) is 20.3 Å². The van der Waals surface area contributed by atoms with Crippen LogP contribution in [0.1, 0.15) is 20.8 Å². The molecule has 2 heteroatoms. The smallest absolute Gasteiger partial charge is 0.0669 e. The maximum Gasteiger partial charge on any atom is 0.0669 e. The Morgan fingerprint density at radius 2 is 1.92 bits per heavy atom. The second-order valence-electron chi connectivity index (χ2n) is 3.78. The van der Waals surface area contributed by atoms with E-state index in [1.54, 1.807) is 0 Å². The molecular formula is C10H21NO. The summed E-state index contributed by atoms with van der Waals surface area (Å²) in [7, 11) is 1.96. The van der Waals surface area contributed by atoms with Crippen LogP contribution < -0.4 is 5.32 Å². The molecule has 1 heterocycles. The van der Waals surface area contributed by atoms with Crippen LogP contribution in [0.25, 0.3) is 0 Å². The summed E-state index contributed by atoms with van der Waals surface area (Å²) in [5.74, 6) is 0.648. The van der Waals surface area contributed by atoms with E-state index in [0.717, 1.165) is 13.2 Å². The Bertz CT molecular complexity index is 122. The lowest BCUT2D eigenvalue weighted by Gasteiger charge is -2.37. The molecule has 0 atom stereocenters. The molecule has 1 N–H and O–H groups in total. The Kier molecular flexibility index (Phi) is 5.18. The number of ether oxygens (including phenoxy) is 1. The maximum atomic E-state index is 4.97. The van der Waals surface area contributed by atoms with Crippen molar-refractivity contribution in [3.05, 3.63) is 12.7 Å². The van der Waals surface area contributed by atoms with E-state index < -0.39 is 0 Å². The van der Waals surface area contributed by atoms with Gasteiger partial charge in [0.1, 0.15) is 0 Å². The first-order chi connectivity index (χ1) is 5.54. The van der Waals surface area contributed by atoms with Gasteiger partial charge in [0.25, 0.3) is 0 Å². The molecule has 1 aliphatic heterocycles. The normalized spacial score (nSPS) is 19.1. The van der Waals surface area contributed by atoms with E-state index in [9.17, 15) is 0 Å². The molecule has 0 radical (unpaired) electrons. The third kappa shape index (κ3) is 4.52. The molecule has 12 heavy (non-hydrogen) atoms. The van der Waals surface area contributed by atoms with E-state index in [1.165, 1.54) is 0 Å². The van der Waals surface area contributed by atoms with Crippen LogP contribution in [-0.4, -0.2) is 25.8 Å². The summed E-state index contributed by atoms with van der Waals surface area (Å²) in [5.41, 5.74) is 0.292. The number of rotatable bonds is 2. The average molecular weight is 171 g/mol. The average Bonchev–Trinajstić information content (AvgIpc) is 2.01. The van der Waals surface area contributed by atoms with Crippen LogP contribution in [0.5, 0.6) is 0 Å². The fourth-order valence-corrected chi connectivity index (χ4v) is 0.553. The van der Waals surface area contributed by atoms with Gasteiger partial charge in [-0.1, -0.05) is 19.9 Å². The standard InChI is InChI=1S/C5H11NO.C5H10/c1-5(6-2)3-7-4-5;1-4-5(2)3/h6H,3-4H2,1-2H3;4-5H,1H2,2-3H3. The van der Waals surface area contributed by atoms with E-state index in [0.29, 0.717) is 11.5 Å². The highest BCUT2D eigenvalue weighted by Crippen LogP contribution is 2.13. The van der Waals surface area contributed by atoms with Gasteiger partial charge in [-0.2, -0.15) is 0 Å². The van der Waals surface area contributed by atoms with Gasteiger partial charge in [0.15, 0.2) is 0 Å². The zero-order chi connectivity index (χ0) is 9.61. The summed E-state index contributed by atoms with van der Waals surface area (Å²) in [4.78, 5) is 0. The third-order valence-electron chi connectivity index (χ3n) is 1.92. The largest absolute Gasteiger partial charge is 0.377 e. The first-order valence-electron chi connectivity index (χ1n) is 4.43. The fourth-order valence-electron chi connectivity index (χ4n) is 0.553. The SMILES string of the molecule is C=CC(C)C.CNC1(C)COC1. The van der Waals surface area contributed by atoms with E-state index >= 15 is 0 Å². The molecule has 2 nitrogen and oxygen atoms in total. The van der Waals surface area contributed by atoms with Crippen LogP contribution in [0.4, 0.5) is 0 Å². The van der Waals surface area contributed by atoms with Crippen molar-refractivity contribution < 1.29 is 4.74 Å². The Morgan fingerprint density at radius 1 is 1.50 bits per heavy atom. The lowest BCUT2D eigenvalue weighted by Crippen LogP contribution is -2.56. The van der Waals surface area contributed by atoms with Gasteiger partial charge in [-0.05, 0) is 19.9 Å². The molecule has 0 aromatic heterocycles. The van der Waals surface area contributed by atoms with Crippen molar-refractivity contribution in [1.29, 1.82) is 0 Å². The van der Waals surface area contributed by atoms with Gasteiger partial charge in [-0.25, -0.2) is 0 Å². The van der Waals surface area contributed by atoms with Crippen LogP contribution in [0.3, 0.4) is 0 Å². The van der Waals surface area contributed by atoms with Crippen LogP contribution >= 0.6 is 0 Å². The summed E-state index contributed by atoms with van der Waals surface area (Å²) in [5, 5.41) is 3.15. The van der Waals surface area contributed by atoms with Gasteiger partial charge in [-0.15, -0.1) is 6.58 Å². The first kappa shape index (κ1) is 11.7. The minimum atomic E-state index is 0.292. The number of likely N-dealkylation sites (N-methyl/N-ethyl adjacent to an activating group) is 1. The monoisotopic (exact) mass is 171 g/mol. The van der Waals surface area contributed by atoms with E-state index in [4.69, 9.17) is 4.74 Å². The lowest BCUT2D eigenvalue weighted by molar-refractivity contribution is -0.0602. The summed E-state index contributed by atoms with van der Waals surface area (Å²) >= 11 is 0. The number of hydrogen-bond donors (Lipinski definition) is 1. The minimum absolute atomic E-state index is 0.292. The highest BCUT2D eigenvalue weighted by Gasteiger charge is 2.30. The predicted octanol–water partition coefficient (Wildman–Crippen LogP) is 1.82. The molecule has 0 aliphatic carbocycles. The molecule has 0 bridgehead atoms. The summed E-state index contributed by atoms with van der Waals surface area (Å²) < 4.78 is 4.97. The van der Waals surface area contributed by atoms with Gasteiger partial charge in [0.2, 0.25) is 0 Å². The van der Waals surface area contributed by atoms with Gasteiger partial charge in [0.05, 0.1) is 18.8 Å². The Labute approximate surface area is 76.0 Å². The third-order valence-corrected chi connectivity index (χ3v) is 1.92. The van der Waals surface area contributed by atoms with Crippen LogP contribution in [0.2, 0.25) is 0 Å². The quantitative estimate of drug-likeness (QED) is 0.640. The molecular weight excluding hydrogens is 150 g/mol. The molecule has 0 spiro atoms. The molecule has 0 amide bonds. The highest BCUT2D eigenvalue weighted by molar-refractivity contribution is 4.87. The van der Waals surface area contributed by atoms with Crippen molar-refractivity contribution in [2.24, 2.45) is 5.92 Å². The maximum absolute atomic E-state index is 4.97. The Morgan fingerprint density at radius 3 is 1.92 bits per heavy atom. The van der Waals surface area contributed by atoms with Crippen molar-refractivity contribution in [3.8, 4) is 0 Å². The molecule has 0 aromatic rings. The second kappa shape index (κ2) is 5.33. The van der Waals surface area contributed by atoms with Gasteiger partial charge in [-0.3, -0.25) is 0 Å². The van der Waals surface area contributed by atoms with E-state index in [-0.39, 0.29) is 0 Å². The second-order valence-corrected chi connectivity index (χ2v) is 3.78. The highest BCUT2D eigenvalue weighted by atomic mass is 16.5. The van der Waals surface area contributed by atoms with Gasteiger partial charge < -0.3 is 10.1 Å². The lowest BCUT2D eigenvalue weighted by atomic mass is 10.0. The zero-order valence-corrected chi connectivity index (χ0v) is 8.68. The summed E-state index contributed by atoms with van der Waals surface area (Å²) in [6, 6.07) is 0. The first-order valence-corrected chi connectivity index (χ1v) is 4.43. The minimum Gasteiger partial charge on any atom is -0.377 e. The van der Waals surface area contributed by atoms with Crippen molar-refractivity contribution in [1.82, 2.24) is 5.32 Å². The van der Waals surface area contributed by atoms with Crippen molar-refractivity contribution in [2.45, 2.75) is 26.3 Å². The van der Waals surface area contributed by atoms with Gasteiger partial charge >= 0.3 is 0 Å². The van der Waals surface area contributed by atoms with Gasteiger partial charge in [0, 0.05) is 0 Å². The van der Waals surface area contributed by atoms with Crippen LogP contribution in [-0.2, 0) is 4.74 Å². The molecule has 0 aromatic carbocycles. The fraction of sp³-hybridized carbons (Fsp3) is 0.800. The molecule has 1 rings (SSSR count). The molecule has 1 saturated heterocycles. The molecule has 0 unspecified atom stereocenters. The van der Waals surface area contributed by atoms with Crippen LogP contribution in [0, 0.1) is 5.92 Å². The zero-order valence-electron chi connectivity index (χ0n) is 8.68. The van der Waals surface area contributed by atoms with E-state index in [1.807, 2.05) is 13.1 Å². The molecule has 1 aliphatic rings. The van der Waals surface area contributed by atoms with E-state index in [2.05, 4.69) is 32.7 Å².